The molecule has 0 amide bonds. The van der Waals surface area contributed by atoms with E-state index >= 15 is 0 Å². The van der Waals surface area contributed by atoms with Crippen molar-refractivity contribution in [1.29, 1.82) is 0 Å². The Bertz CT molecular complexity index is 910. The number of rotatable bonds is 6. The van der Waals surface area contributed by atoms with Gasteiger partial charge < -0.3 is 0 Å². The van der Waals surface area contributed by atoms with Crippen LogP contribution >= 0.6 is 7.92 Å². The quantitative estimate of drug-likeness (QED) is 0.445. The van der Waals surface area contributed by atoms with Crippen molar-refractivity contribution in [3.05, 3.63) is 54.1 Å². The van der Waals surface area contributed by atoms with Gasteiger partial charge in [-0.15, -0.1) is 0 Å². The molecule has 2 fully saturated rings. The molecule has 176 valence electrons. The summed E-state index contributed by atoms with van der Waals surface area (Å²) in [6, 6.07) is 10.6. The maximum absolute atomic E-state index is 13.5. The average Bonchev–Trinajstić information content (AvgIpc) is 2.80. The second-order valence-corrected chi connectivity index (χ2v) is 15.3. The summed E-state index contributed by atoms with van der Waals surface area (Å²) in [5.41, 5.74) is 3.70. The summed E-state index contributed by atoms with van der Waals surface area (Å²) in [4.78, 5) is 2.33. The molecule has 4 rings (SSSR count). The van der Waals surface area contributed by atoms with Gasteiger partial charge in [0, 0.05) is 6.26 Å². The van der Waals surface area contributed by atoms with Crippen LogP contribution in [0.25, 0.3) is 5.57 Å². The van der Waals surface area contributed by atoms with E-state index in [0.717, 1.165) is 0 Å². The van der Waals surface area contributed by atoms with Gasteiger partial charge in [0.2, 0.25) is 0 Å². The second kappa shape index (κ2) is 10.1. The predicted octanol–water partition coefficient (Wildman–Crippen LogP) is 6.46. The number of nitrogens with zero attached hydrogens (tertiary/aromatic N) is 1. The lowest BCUT2D eigenvalue weighted by molar-refractivity contribution is 0.304. The van der Waals surface area contributed by atoms with Crippen molar-refractivity contribution >= 4 is 23.3 Å². The van der Waals surface area contributed by atoms with Gasteiger partial charge in [-0.05, 0) is 62.2 Å². The summed E-state index contributed by atoms with van der Waals surface area (Å²) in [5.74, 6) is 0. The third-order valence-corrected chi connectivity index (χ3v) is 13.8. The molecule has 2 atom stereocenters. The van der Waals surface area contributed by atoms with Gasteiger partial charge in [0.15, 0.2) is 9.84 Å². The molecule has 0 aliphatic heterocycles. The zero-order chi connectivity index (χ0) is 22.8. The van der Waals surface area contributed by atoms with Crippen molar-refractivity contribution in [3.63, 3.8) is 0 Å². The zero-order valence-electron chi connectivity index (χ0n) is 20.0. The van der Waals surface area contributed by atoms with Crippen molar-refractivity contribution in [1.82, 2.24) is 4.90 Å². The second-order valence-electron chi connectivity index (χ2n) is 10.2. The molecule has 1 aromatic rings. The van der Waals surface area contributed by atoms with Crippen LogP contribution in [0.2, 0.25) is 0 Å². The molecule has 0 spiro atoms. The normalized spacial score (nSPS) is 28.3. The fourth-order valence-corrected chi connectivity index (χ4v) is 13.7. The van der Waals surface area contributed by atoms with Crippen molar-refractivity contribution in [2.45, 2.75) is 86.1 Å². The molecule has 0 saturated heterocycles. The van der Waals surface area contributed by atoms with E-state index in [9.17, 15) is 8.42 Å². The minimum absolute atomic E-state index is 0.483. The smallest absolute Gasteiger partial charge is 0.156 e. The first kappa shape index (κ1) is 24.2. The molecule has 2 unspecified atom stereocenters. The lowest BCUT2D eigenvalue weighted by atomic mass is 9.90. The van der Waals surface area contributed by atoms with E-state index in [1.165, 1.54) is 81.6 Å². The van der Waals surface area contributed by atoms with Gasteiger partial charge in [-0.2, -0.15) is 0 Å². The fourth-order valence-electron chi connectivity index (χ4n) is 6.62. The number of benzene rings is 1. The highest BCUT2D eigenvalue weighted by atomic mass is 32.2. The van der Waals surface area contributed by atoms with Gasteiger partial charge in [-0.25, -0.2) is 8.42 Å². The molecule has 3 aliphatic carbocycles. The van der Waals surface area contributed by atoms with Crippen LogP contribution in [0.5, 0.6) is 0 Å². The standard InChI is InChI=1S/C27H40NO2PS/c1-28(2)27(31(23-16-9-5-10-17-23)24-18-11-6-12-19-24)25(22-14-7-4-8-15-22)20-13-21-26(27)32(3,29)30/h4,7-8,13-15,20-21,23-24,26H,5-6,9-12,16-19H2,1-3H3. The third-order valence-electron chi connectivity index (χ3n) is 7.90. The molecular weight excluding hydrogens is 433 g/mol. The van der Waals surface area contributed by atoms with Gasteiger partial charge >= 0.3 is 0 Å². The Morgan fingerprint density at radius 1 is 0.875 bits per heavy atom. The van der Waals surface area contributed by atoms with Gasteiger partial charge in [-0.3, -0.25) is 4.90 Å². The number of sulfone groups is 1. The Morgan fingerprint density at radius 3 is 1.88 bits per heavy atom. The largest absolute Gasteiger partial charge is 0.295 e. The molecule has 0 bridgehead atoms. The van der Waals surface area contributed by atoms with Gasteiger partial charge in [0.1, 0.15) is 5.25 Å². The SMILES string of the molecule is CN(C)C1(P(C2CCCCC2)C2CCCCC2)C(c2ccccc2)=CC=CC1S(C)(=O)=O. The number of allylic oxidation sites excluding steroid dienone is 2. The van der Waals surface area contributed by atoms with Crippen molar-refractivity contribution in [2.75, 3.05) is 20.4 Å². The summed E-state index contributed by atoms with van der Waals surface area (Å²) >= 11 is 0. The molecule has 3 aliphatic rings. The lowest BCUT2D eigenvalue weighted by Crippen LogP contribution is -2.58. The van der Waals surface area contributed by atoms with Gasteiger partial charge in [0.05, 0.1) is 5.28 Å². The van der Waals surface area contributed by atoms with Crippen LogP contribution in [0.15, 0.2) is 48.6 Å². The first-order valence-electron chi connectivity index (χ1n) is 12.5. The van der Waals surface area contributed by atoms with E-state index in [1.807, 2.05) is 12.2 Å². The Morgan fingerprint density at radius 2 is 1.41 bits per heavy atom. The van der Waals surface area contributed by atoms with E-state index in [2.05, 4.69) is 55.4 Å². The molecule has 1 aromatic carbocycles. The Balaban J connectivity index is 1.96. The molecule has 2 saturated carbocycles. The Kier molecular flexibility index (Phi) is 7.64. The topological polar surface area (TPSA) is 37.4 Å². The number of hydrogen-bond donors (Lipinski definition) is 0. The molecule has 0 aromatic heterocycles. The van der Waals surface area contributed by atoms with Crippen molar-refractivity contribution in [3.8, 4) is 0 Å². The predicted molar refractivity (Wildman–Crippen MR) is 139 cm³/mol. The van der Waals surface area contributed by atoms with Crippen LogP contribution in [0.1, 0.15) is 69.8 Å². The molecule has 0 radical (unpaired) electrons. The van der Waals surface area contributed by atoms with Crippen LogP contribution in [0, 0.1) is 0 Å². The molecule has 0 N–H and O–H groups in total. The lowest BCUT2D eigenvalue weighted by Gasteiger charge is -2.57. The summed E-state index contributed by atoms with van der Waals surface area (Å²) in [6.07, 6.45) is 20.6. The minimum Gasteiger partial charge on any atom is -0.295 e. The van der Waals surface area contributed by atoms with E-state index in [4.69, 9.17) is 0 Å². The monoisotopic (exact) mass is 473 g/mol. The zero-order valence-corrected chi connectivity index (χ0v) is 21.8. The van der Waals surface area contributed by atoms with Crippen molar-refractivity contribution < 1.29 is 8.42 Å². The summed E-state index contributed by atoms with van der Waals surface area (Å²) in [6.45, 7) is 0. The van der Waals surface area contributed by atoms with E-state index in [0.29, 0.717) is 11.3 Å². The number of hydrogen-bond acceptors (Lipinski definition) is 3. The third kappa shape index (κ3) is 4.52. The molecular formula is C27H40NO2PS. The van der Waals surface area contributed by atoms with Gasteiger partial charge in [0.25, 0.3) is 0 Å². The van der Waals surface area contributed by atoms with E-state index in [1.54, 1.807) is 0 Å². The first-order valence-corrected chi connectivity index (χ1v) is 15.9. The highest BCUT2D eigenvalue weighted by Crippen LogP contribution is 2.70. The van der Waals surface area contributed by atoms with Crippen LogP contribution in [0.3, 0.4) is 0 Å². The maximum atomic E-state index is 13.5. The summed E-state index contributed by atoms with van der Waals surface area (Å²) in [5, 5.41) is -0.983. The van der Waals surface area contributed by atoms with Crippen LogP contribution in [-0.4, -0.2) is 55.5 Å². The van der Waals surface area contributed by atoms with Crippen LogP contribution < -0.4 is 0 Å². The van der Waals surface area contributed by atoms with Crippen LogP contribution in [-0.2, 0) is 9.84 Å². The number of likely N-dealkylation sites (N-methyl/N-ethyl adjacent to an activating group) is 1. The van der Waals surface area contributed by atoms with Crippen LogP contribution in [0.4, 0.5) is 0 Å². The summed E-state index contributed by atoms with van der Waals surface area (Å²) < 4.78 is 26.9. The Hall–Kier alpha value is -0.960. The maximum Gasteiger partial charge on any atom is 0.156 e. The minimum atomic E-state index is -3.29. The molecule has 0 heterocycles. The van der Waals surface area contributed by atoms with E-state index < -0.39 is 28.3 Å². The average molecular weight is 474 g/mol. The summed E-state index contributed by atoms with van der Waals surface area (Å²) in [7, 11) is 0.423. The highest BCUT2D eigenvalue weighted by Gasteiger charge is 2.57. The van der Waals surface area contributed by atoms with E-state index in [-0.39, 0.29) is 0 Å². The Labute approximate surface area is 197 Å². The molecule has 5 heteroatoms. The van der Waals surface area contributed by atoms with Crippen molar-refractivity contribution in [2.24, 2.45) is 0 Å². The molecule has 32 heavy (non-hydrogen) atoms. The first-order chi connectivity index (χ1) is 15.4. The van der Waals surface area contributed by atoms with Gasteiger partial charge in [-0.1, -0.05) is 95.0 Å². The highest BCUT2D eigenvalue weighted by molar-refractivity contribution is 7.92. The molecule has 3 nitrogen and oxygen atoms in total. The fraction of sp³-hybridized carbons (Fsp3) is 0.630.